The van der Waals surface area contributed by atoms with Gasteiger partial charge in [-0.3, -0.25) is 4.79 Å². The molecule has 17 heavy (non-hydrogen) atoms. The van der Waals surface area contributed by atoms with Gasteiger partial charge in [-0.05, 0) is 36.1 Å². The number of rotatable bonds is 3. The highest BCUT2D eigenvalue weighted by atomic mass is 19.1. The Kier molecular flexibility index (Phi) is 3.23. The van der Waals surface area contributed by atoms with Crippen molar-refractivity contribution in [3.8, 4) is 5.75 Å². The highest BCUT2D eigenvalue weighted by molar-refractivity contribution is 5.24. The number of hydrogen-bond donors (Lipinski definition) is 2. The molecule has 0 fully saturated rings. The zero-order valence-corrected chi connectivity index (χ0v) is 9.11. The summed E-state index contributed by atoms with van der Waals surface area (Å²) in [6.45, 7) is 0. The van der Waals surface area contributed by atoms with Crippen LogP contribution in [0.15, 0.2) is 41.3 Å². The van der Waals surface area contributed by atoms with Crippen LogP contribution in [0.5, 0.6) is 5.75 Å². The molecule has 88 valence electrons. The molecule has 0 spiro atoms. The maximum atomic E-state index is 13.3. The van der Waals surface area contributed by atoms with Crippen molar-refractivity contribution in [3.63, 3.8) is 0 Å². The highest BCUT2D eigenvalue weighted by Crippen LogP contribution is 2.11. The first-order valence-corrected chi connectivity index (χ1v) is 5.31. The molecule has 0 aliphatic heterocycles. The maximum absolute atomic E-state index is 13.3. The van der Waals surface area contributed by atoms with Crippen LogP contribution in [0.4, 0.5) is 4.39 Å². The van der Waals surface area contributed by atoms with Gasteiger partial charge in [-0.2, -0.15) is 0 Å². The first-order valence-electron chi connectivity index (χ1n) is 5.31. The van der Waals surface area contributed by atoms with Gasteiger partial charge in [0.1, 0.15) is 5.82 Å². The standard InChI is InChI=1S/C13H12FNO2/c14-11-4-2-1-3-10(11)6-5-9-7-12(16)13(17)15-8-9/h1-4,7-8,16H,5-6H2,(H,15,17). The summed E-state index contributed by atoms with van der Waals surface area (Å²) in [6, 6.07) is 7.97. The van der Waals surface area contributed by atoms with Crippen molar-refractivity contribution in [3.05, 3.63) is 63.8 Å². The van der Waals surface area contributed by atoms with E-state index in [2.05, 4.69) is 4.98 Å². The molecule has 0 saturated heterocycles. The number of benzene rings is 1. The first kappa shape index (κ1) is 11.4. The highest BCUT2D eigenvalue weighted by Gasteiger charge is 2.03. The number of nitrogens with one attached hydrogen (secondary N) is 1. The Morgan fingerprint density at radius 2 is 2.00 bits per heavy atom. The quantitative estimate of drug-likeness (QED) is 0.852. The van der Waals surface area contributed by atoms with Crippen LogP contribution >= 0.6 is 0 Å². The largest absolute Gasteiger partial charge is 0.503 e. The first-order chi connectivity index (χ1) is 8.16. The summed E-state index contributed by atoms with van der Waals surface area (Å²) in [4.78, 5) is 13.4. The molecular formula is C13H12FNO2. The minimum atomic E-state index is -0.514. The average molecular weight is 233 g/mol. The van der Waals surface area contributed by atoms with Crippen molar-refractivity contribution in [1.29, 1.82) is 0 Å². The number of H-pyrrole nitrogens is 1. The molecule has 0 aliphatic rings. The van der Waals surface area contributed by atoms with Gasteiger partial charge in [0.25, 0.3) is 5.56 Å². The molecule has 2 aromatic rings. The summed E-state index contributed by atoms with van der Waals surface area (Å²) in [5, 5.41) is 9.23. The lowest BCUT2D eigenvalue weighted by atomic mass is 10.1. The summed E-state index contributed by atoms with van der Waals surface area (Å²) >= 11 is 0. The van der Waals surface area contributed by atoms with Crippen LogP contribution in [0.2, 0.25) is 0 Å². The van der Waals surface area contributed by atoms with Crippen LogP contribution in [0.25, 0.3) is 0 Å². The summed E-state index contributed by atoms with van der Waals surface area (Å²) in [7, 11) is 0. The third-order valence-corrected chi connectivity index (χ3v) is 2.58. The Labute approximate surface area is 97.6 Å². The van der Waals surface area contributed by atoms with Gasteiger partial charge >= 0.3 is 0 Å². The number of aromatic amines is 1. The molecule has 0 amide bonds. The van der Waals surface area contributed by atoms with Gasteiger partial charge in [0.2, 0.25) is 0 Å². The summed E-state index contributed by atoms with van der Waals surface area (Å²) in [6.07, 6.45) is 2.62. The molecule has 2 N–H and O–H groups in total. The van der Waals surface area contributed by atoms with E-state index in [0.29, 0.717) is 18.4 Å². The zero-order chi connectivity index (χ0) is 12.3. The van der Waals surface area contributed by atoms with Gasteiger partial charge < -0.3 is 10.1 Å². The molecule has 4 heteroatoms. The van der Waals surface area contributed by atoms with Gasteiger partial charge in [-0.1, -0.05) is 18.2 Å². The number of aromatic hydroxyl groups is 1. The fraction of sp³-hybridized carbons (Fsp3) is 0.154. The Balaban J connectivity index is 2.10. The van der Waals surface area contributed by atoms with E-state index in [-0.39, 0.29) is 11.6 Å². The zero-order valence-electron chi connectivity index (χ0n) is 9.11. The molecule has 1 aromatic heterocycles. The van der Waals surface area contributed by atoms with E-state index in [9.17, 15) is 14.3 Å². The van der Waals surface area contributed by atoms with Crippen LogP contribution in [0, 0.1) is 5.82 Å². The molecule has 1 heterocycles. The lowest BCUT2D eigenvalue weighted by Crippen LogP contribution is -2.05. The Bertz CT molecular complexity index is 578. The van der Waals surface area contributed by atoms with E-state index in [0.717, 1.165) is 5.56 Å². The number of pyridine rings is 1. The predicted octanol–water partition coefficient (Wildman–Crippen LogP) is 2.00. The SMILES string of the molecule is O=c1[nH]cc(CCc2ccccc2F)cc1O. The van der Waals surface area contributed by atoms with Crippen molar-refractivity contribution in [2.24, 2.45) is 0 Å². The van der Waals surface area contributed by atoms with Gasteiger partial charge in [0.05, 0.1) is 0 Å². The van der Waals surface area contributed by atoms with Crippen LogP contribution in [-0.4, -0.2) is 10.1 Å². The molecule has 0 radical (unpaired) electrons. The van der Waals surface area contributed by atoms with E-state index in [1.807, 2.05) is 0 Å². The average Bonchev–Trinajstić information content (AvgIpc) is 2.32. The lowest BCUT2D eigenvalue weighted by Gasteiger charge is -2.03. The summed E-state index contributed by atoms with van der Waals surface area (Å²) < 4.78 is 13.3. The molecule has 0 unspecified atom stereocenters. The van der Waals surface area contributed by atoms with Gasteiger partial charge in [-0.25, -0.2) is 4.39 Å². The fourth-order valence-electron chi connectivity index (χ4n) is 1.64. The monoisotopic (exact) mass is 233 g/mol. The molecular weight excluding hydrogens is 221 g/mol. The molecule has 3 nitrogen and oxygen atoms in total. The maximum Gasteiger partial charge on any atom is 0.290 e. The molecule has 0 saturated carbocycles. The van der Waals surface area contributed by atoms with Crippen LogP contribution in [-0.2, 0) is 12.8 Å². The lowest BCUT2D eigenvalue weighted by molar-refractivity contribution is 0.465. The van der Waals surface area contributed by atoms with Gasteiger partial charge in [-0.15, -0.1) is 0 Å². The number of aryl methyl sites for hydroxylation is 2. The Morgan fingerprint density at radius 3 is 2.71 bits per heavy atom. The molecule has 1 aromatic carbocycles. The molecule has 0 atom stereocenters. The third-order valence-electron chi connectivity index (χ3n) is 2.58. The van der Waals surface area contributed by atoms with Crippen molar-refractivity contribution in [2.45, 2.75) is 12.8 Å². The van der Waals surface area contributed by atoms with Crippen molar-refractivity contribution in [2.75, 3.05) is 0 Å². The molecule has 2 rings (SSSR count). The van der Waals surface area contributed by atoms with E-state index >= 15 is 0 Å². The van der Waals surface area contributed by atoms with E-state index < -0.39 is 5.56 Å². The fourth-order valence-corrected chi connectivity index (χ4v) is 1.64. The Hall–Kier alpha value is -2.10. The predicted molar refractivity (Wildman–Crippen MR) is 62.5 cm³/mol. The second-order valence-corrected chi connectivity index (χ2v) is 3.81. The Morgan fingerprint density at radius 1 is 1.24 bits per heavy atom. The molecule has 0 aliphatic carbocycles. The van der Waals surface area contributed by atoms with Crippen molar-refractivity contribution < 1.29 is 9.50 Å². The number of halogens is 1. The van der Waals surface area contributed by atoms with Gasteiger partial charge in [0.15, 0.2) is 5.75 Å². The second-order valence-electron chi connectivity index (χ2n) is 3.81. The topological polar surface area (TPSA) is 53.1 Å². The normalized spacial score (nSPS) is 10.4. The van der Waals surface area contributed by atoms with E-state index in [1.165, 1.54) is 18.3 Å². The summed E-state index contributed by atoms with van der Waals surface area (Å²) in [5.74, 6) is -0.544. The minimum Gasteiger partial charge on any atom is -0.503 e. The third kappa shape index (κ3) is 2.72. The van der Waals surface area contributed by atoms with Crippen molar-refractivity contribution >= 4 is 0 Å². The van der Waals surface area contributed by atoms with E-state index in [4.69, 9.17) is 0 Å². The summed E-state index contributed by atoms with van der Waals surface area (Å²) in [5.41, 5.74) is 0.878. The number of aromatic nitrogens is 1. The minimum absolute atomic E-state index is 0.235. The smallest absolute Gasteiger partial charge is 0.290 e. The van der Waals surface area contributed by atoms with Gasteiger partial charge in [0, 0.05) is 6.20 Å². The van der Waals surface area contributed by atoms with Crippen LogP contribution < -0.4 is 5.56 Å². The molecule has 0 bridgehead atoms. The van der Waals surface area contributed by atoms with Crippen molar-refractivity contribution in [1.82, 2.24) is 4.98 Å². The van der Waals surface area contributed by atoms with Crippen LogP contribution in [0.3, 0.4) is 0 Å². The van der Waals surface area contributed by atoms with Crippen LogP contribution in [0.1, 0.15) is 11.1 Å². The number of hydrogen-bond acceptors (Lipinski definition) is 2. The van der Waals surface area contributed by atoms with E-state index in [1.54, 1.807) is 18.2 Å². The second kappa shape index (κ2) is 4.82.